The number of aromatic carboxylic acids is 1. The number of carboxylic acid groups (broad SMARTS) is 1. The number of carboxylic acids is 1. The van der Waals surface area contributed by atoms with Crippen LogP contribution in [0.1, 0.15) is 24.3 Å². The molecule has 100 valence electrons. The molecule has 0 fully saturated rings. The Bertz CT molecular complexity index is 429. The van der Waals surface area contributed by atoms with E-state index in [2.05, 4.69) is 15.6 Å². The van der Waals surface area contributed by atoms with E-state index in [-0.39, 0.29) is 23.6 Å². The van der Waals surface area contributed by atoms with Gasteiger partial charge in [0.2, 0.25) is 5.91 Å². The van der Waals surface area contributed by atoms with Crippen LogP contribution in [-0.2, 0) is 11.3 Å². The highest BCUT2D eigenvalue weighted by Gasteiger charge is 2.16. The number of carbonyl (C=O) groups excluding carboxylic acids is 1. The van der Waals surface area contributed by atoms with E-state index < -0.39 is 5.97 Å². The van der Waals surface area contributed by atoms with Crippen LogP contribution in [0.25, 0.3) is 0 Å². The zero-order chi connectivity index (χ0) is 13.7. The monoisotopic (exact) mass is 255 g/mol. The zero-order valence-electron chi connectivity index (χ0n) is 10.3. The number of hydrogen-bond acceptors (Lipinski definition) is 5. The molecule has 8 nitrogen and oxygen atoms in total. The fraction of sp³-hybridized carbons (Fsp3) is 0.600. The predicted octanol–water partition coefficient (Wildman–Crippen LogP) is -0.924. The van der Waals surface area contributed by atoms with E-state index in [1.165, 1.54) is 10.9 Å². The summed E-state index contributed by atoms with van der Waals surface area (Å²) in [7, 11) is 0. The first-order valence-corrected chi connectivity index (χ1v) is 5.58. The third kappa shape index (κ3) is 3.81. The van der Waals surface area contributed by atoms with Crippen LogP contribution in [0.5, 0.6) is 0 Å². The van der Waals surface area contributed by atoms with Crippen molar-refractivity contribution in [2.24, 2.45) is 11.7 Å². The summed E-state index contributed by atoms with van der Waals surface area (Å²) in [6.07, 6.45) is 1.31. The van der Waals surface area contributed by atoms with Crippen LogP contribution in [0.3, 0.4) is 0 Å². The van der Waals surface area contributed by atoms with Crippen molar-refractivity contribution in [2.75, 3.05) is 6.54 Å². The molecular formula is C10H17N5O3. The third-order valence-electron chi connectivity index (χ3n) is 2.60. The first-order valence-electron chi connectivity index (χ1n) is 5.58. The minimum absolute atomic E-state index is 0.120. The Morgan fingerprint density at radius 1 is 1.56 bits per heavy atom. The van der Waals surface area contributed by atoms with Gasteiger partial charge in [-0.25, -0.2) is 9.48 Å². The average Bonchev–Trinajstić information content (AvgIpc) is 2.76. The standard InChI is InChI=1S/C10H17N5O3/c1-6(7(2)11)9(16)12-3-4-15-5-8(10(17)18)13-14-15/h5-7H,3-4,11H2,1-2H3,(H,12,16)(H,17,18). The lowest BCUT2D eigenvalue weighted by Crippen LogP contribution is -2.39. The summed E-state index contributed by atoms with van der Waals surface area (Å²) in [6, 6.07) is -0.213. The van der Waals surface area contributed by atoms with Gasteiger partial charge in [0.15, 0.2) is 5.69 Å². The minimum atomic E-state index is -1.13. The maximum atomic E-state index is 11.6. The molecule has 18 heavy (non-hydrogen) atoms. The van der Waals surface area contributed by atoms with Gasteiger partial charge in [0.1, 0.15) is 0 Å². The highest BCUT2D eigenvalue weighted by atomic mass is 16.4. The van der Waals surface area contributed by atoms with Crippen LogP contribution in [0.15, 0.2) is 6.20 Å². The van der Waals surface area contributed by atoms with E-state index in [0.29, 0.717) is 13.1 Å². The molecule has 2 atom stereocenters. The molecule has 0 saturated heterocycles. The number of nitrogens with zero attached hydrogens (tertiary/aromatic N) is 3. The zero-order valence-corrected chi connectivity index (χ0v) is 10.3. The Kier molecular flexibility index (Phi) is 4.78. The van der Waals surface area contributed by atoms with Crippen molar-refractivity contribution in [1.29, 1.82) is 0 Å². The molecule has 1 amide bonds. The van der Waals surface area contributed by atoms with Crippen LogP contribution in [-0.4, -0.2) is 44.6 Å². The molecule has 0 saturated carbocycles. The molecule has 8 heteroatoms. The van der Waals surface area contributed by atoms with E-state index in [1.54, 1.807) is 13.8 Å². The Labute approximate surface area is 104 Å². The second-order valence-corrected chi connectivity index (χ2v) is 4.11. The molecule has 1 rings (SSSR count). The molecule has 1 aromatic heterocycles. The number of carbonyl (C=O) groups is 2. The topological polar surface area (TPSA) is 123 Å². The van der Waals surface area contributed by atoms with Crippen molar-refractivity contribution in [1.82, 2.24) is 20.3 Å². The number of amides is 1. The summed E-state index contributed by atoms with van der Waals surface area (Å²) in [5.41, 5.74) is 5.48. The number of aromatic nitrogens is 3. The van der Waals surface area contributed by atoms with Gasteiger partial charge in [0.05, 0.1) is 12.7 Å². The van der Waals surface area contributed by atoms with Gasteiger partial charge in [0, 0.05) is 18.5 Å². The molecule has 4 N–H and O–H groups in total. The number of rotatable bonds is 6. The van der Waals surface area contributed by atoms with Crippen molar-refractivity contribution in [3.8, 4) is 0 Å². The molecule has 0 aliphatic heterocycles. The molecule has 1 heterocycles. The van der Waals surface area contributed by atoms with Gasteiger partial charge in [0.25, 0.3) is 0 Å². The molecule has 0 radical (unpaired) electrons. The number of hydrogen-bond donors (Lipinski definition) is 3. The lowest BCUT2D eigenvalue weighted by atomic mass is 10.0. The second-order valence-electron chi connectivity index (χ2n) is 4.11. The summed E-state index contributed by atoms with van der Waals surface area (Å²) < 4.78 is 1.36. The Morgan fingerprint density at radius 3 is 2.72 bits per heavy atom. The average molecular weight is 255 g/mol. The predicted molar refractivity (Wildman–Crippen MR) is 62.8 cm³/mol. The van der Waals surface area contributed by atoms with Gasteiger partial charge in [-0.15, -0.1) is 5.10 Å². The smallest absolute Gasteiger partial charge is 0.358 e. The van der Waals surface area contributed by atoms with E-state index in [0.717, 1.165) is 0 Å². The number of nitrogens with two attached hydrogens (primary N) is 1. The molecule has 0 bridgehead atoms. The molecular weight excluding hydrogens is 238 g/mol. The van der Waals surface area contributed by atoms with Crippen molar-refractivity contribution >= 4 is 11.9 Å². The molecule has 1 aromatic rings. The van der Waals surface area contributed by atoms with Crippen molar-refractivity contribution < 1.29 is 14.7 Å². The first kappa shape index (κ1) is 14.1. The summed E-state index contributed by atoms with van der Waals surface area (Å²) in [6.45, 7) is 4.22. The summed E-state index contributed by atoms with van der Waals surface area (Å²) in [4.78, 5) is 22.1. The van der Waals surface area contributed by atoms with Crippen molar-refractivity contribution in [3.05, 3.63) is 11.9 Å². The quantitative estimate of drug-likeness (QED) is 0.603. The SMILES string of the molecule is CC(N)C(C)C(=O)NCCn1cc(C(=O)O)nn1. The fourth-order valence-electron chi connectivity index (χ4n) is 1.20. The fourth-order valence-corrected chi connectivity index (χ4v) is 1.20. The second kappa shape index (κ2) is 6.10. The van der Waals surface area contributed by atoms with Gasteiger partial charge in [-0.3, -0.25) is 4.79 Å². The Balaban J connectivity index is 2.37. The van der Waals surface area contributed by atoms with E-state index in [1.807, 2.05) is 0 Å². The van der Waals surface area contributed by atoms with E-state index in [4.69, 9.17) is 10.8 Å². The summed E-state index contributed by atoms with van der Waals surface area (Å²) in [5.74, 6) is -1.53. The van der Waals surface area contributed by atoms with Crippen LogP contribution in [0.2, 0.25) is 0 Å². The van der Waals surface area contributed by atoms with Gasteiger partial charge in [-0.05, 0) is 6.92 Å². The van der Waals surface area contributed by atoms with Gasteiger partial charge in [-0.1, -0.05) is 12.1 Å². The van der Waals surface area contributed by atoms with Crippen molar-refractivity contribution in [2.45, 2.75) is 26.4 Å². The highest BCUT2D eigenvalue weighted by molar-refractivity contribution is 5.84. The van der Waals surface area contributed by atoms with Gasteiger partial charge in [-0.2, -0.15) is 0 Å². The minimum Gasteiger partial charge on any atom is -0.476 e. The summed E-state index contributed by atoms with van der Waals surface area (Å²) >= 11 is 0. The van der Waals surface area contributed by atoms with Gasteiger partial charge < -0.3 is 16.2 Å². The maximum Gasteiger partial charge on any atom is 0.358 e. The maximum absolute atomic E-state index is 11.6. The number of nitrogens with one attached hydrogen (secondary N) is 1. The summed E-state index contributed by atoms with van der Waals surface area (Å²) in [5, 5.41) is 18.4. The van der Waals surface area contributed by atoms with Crippen LogP contribution in [0.4, 0.5) is 0 Å². The van der Waals surface area contributed by atoms with Crippen LogP contribution < -0.4 is 11.1 Å². The third-order valence-corrected chi connectivity index (χ3v) is 2.60. The lowest BCUT2D eigenvalue weighted by molar-refractivity contribution is -0.124. The normalized spacial score (nSPS) is 13.9. The molecule has 2 unspecified atom stereocenters. The van der Waals surface area contributed by atoms with Crippen LogP contribution in [0, 0.1) is 5.92 Å². The lowest BCUT2D eigenvalue weighted by Gasteiger charge is -2.15. The van der Waals surface area contributed by atoms with E-state index >= 15 is 0 Å². The van der Waals surface area contributed by atoms with E-state index in [9.17, 15) is 9.59 Å². The Morgan fingerprint density at radius 2 is 2.22 bits per heavy atom. The molecule has 0 aliphatic carbocycles. The van der Waals surface area contributed by atoms with Crippen LogP contribution >= 0.6 is 0 Å². The largest absolute Gasteiger partial charge is 0.476 e. The molecule has 0 aromatic carbocycles. The molecule has 0 aliphatic rings. The highest BCUT2D eigenvalue weighted by Crippen LogP contribution is 1.99. The molecule has 0 spiro atoms. The van der Waals surface area contributed by atoms with Crippen molar-refractivity contribution in [3.63, 3.8) is 0 Å². The first-order chi connectivity index (χ1) is 8.41. The Hall–Kier alpha value is -1.96. The van der Waals surface area contributed by atoms with Gasteiger partial charge >= 0.3 is 5.97 Å².